The fourth-order valence-electron chi connectivity index (χ4n) is 3.77. The predicted molar refractivity (Wildman–Crippen MR) is 96.6 cm³/mol. The largest absolute Gasteiger partial charge is 0.416 e. The predicted octanol–water partition coefficient (Wildman–Crippen LogP) is 5.38. The van der Waals surface area contributed by atoms with Gasteiger partial charge < -0.3 is 4.43 Å². The molecule has 0 spiro atoms. The zero-order chi connectivity index (χ0) is 16.6. The molecule has 1 heterocycles. The van der Waals surface area contributed by atoms with Crippen LogP contribution in [-0.4, -0.2) is 24.9 Å². The lowest BCUT2D eigenvalue weighted by molar-refractivity contribution is 0.268. The Morgan fingerprint density at radius 3 is 1.91 bits per heavy atom. The Kier molecular flexibility index (Phi) is 8.26. The fourth-order valence-corrected chi connectivity index (χ4v) is 9.27. The van der Waals surface area contributed by atoms with Crippen molar-refractivity contribution in [1.82, 2.24) is 9.97 Å². The van der Waals surface area contributed by atoms with E-state index in [2.05, 4.69) is 51.5 Å². The van der Waals surface area contributed by atoms with Gasteiger partial charge in [-0.2, -0.15) is 0 Å². The number of hydrogen-bond donors (Lipinski definition) is 0. The third-order valence-corrected chi connectivity index (χ3v) is 10.8. The number of aryl methyl sites for hydroxylation is 1. The molecule has 4 heteroatoms. The Labute approximate surface area is 138 Å². The van der Waals surface area contributed by atoms with E-state index in [4.69, 9.17) is 4.43 Å². The topological polar surface area (TPSA) is 35.0 Å². The summed E-state index contributed by atoms with van der Waals surface area (Å²) in [7, 11) is -1.68. The van der Waals surface area contributed by atoms with Crippen molar-refractivity contribution in [1.29, 1.82) is 0 Å². The molecule has 1 rings (SSSR count). The maximum atomic E-state index is 6.57. The molecule has 0 bridgehead atoms. The number of aromatic nitrogens is 2. The van der Waals surface area contributed by atoms with Gasteiger partial charge in [-0.1, -0.05) is 48.0 Å². The van der Waals surface area contributed by atoms with Crippen LogP contribution in [0, 0.1) is 0 Å². The lowest BCUT2D eigenvalue weighted by Gasteiger charge is -2.42. The molecule has 0 fully saturated rings. The zero-order valence-electron chi connectivity index (χ0n) is 15.3. The van der Waals surface area contributed by atoms with E-state index in [0.29, 0.717) is 16.6 Å². The van der Waals surface area contributed by atoms with Crippen molar-refractivity contribution >= 4 is 8.32 Å². The van der Waals surface area contributed by atoms with Crippen LogP contribution in [-0.2, 0) is 10.8 Å². The lowest BCUT2D eigenvalue weighted by Crippen LogP contribution is -2.47. The summed E-state index contributed by atoms with van der Waals surface area (Å²) in [5, 5.41) is 0. The minimum atomic E-state index is -1.68. The summed E-state index contributed by atoms with van der Waals surface area (Å²) in [6.45, 7) is 15.0. The number of hydrogen-bond acceptors (Lipinski definition) is 3. The summed E-state index contributed by atoms with van der Waals surface area (Å²) >= 11 is 0. The summed E-state index contributed by atoms with van der Waals surface area (Å²) in [6.07, 6.45) is 8.10. The first kappa shape index (κ1) is 19.3. The average molecular weight is 323 g/mol. The molecule has 22 heavy (non-hydrogen) atoms. The molecule has 0 amide bonds. The average Bonchev–Trinajstić information content (AvgIpc) is 2.46. The van der Waals surface area contributed by atoms with Crippen molar-refractivity contribution in [3.8, 4) is 0 Å². The van der Waals surface area contributed by atoms with Crippen LogP contribution in [0.2, 0.25) is 16.6 Å². The van der Waals surface area contributed by atoms with Crippen LogP contribution < -0.4 is 0 Å². The molecule has 0 aliphatic heterocycles. The third kappa shape index (κ3) is 5.16. The second-order valence-electron chi connectivity index (χ2n) is 7.14. The zero-order valence-corrected chi connectivity index (χ0v) is 16.3. The molecule has 0 aromatic carbocycles. The summed E-state index contributed by atoms with van der Waals surface area (Å²) < 4.78 is 6.57. The van der Waals surface area contributed by atoms with E-state index in [1.54, 1.807) is 0 Å². The molecule has 0 radical (unpaired) electrons. The quantitative estimate of drug-likeness (QED) is 0.428. The molecule has 3 nitrogen and oxygen atoms in total. The van der Waals surface area contributed by atoms with Crippen molar-refractivity contribution in [2.24, 2.45) is 0 Å². The van der Waals surface area contributed by atoms with E-state index in [9.17, 15) is 0 Å². The van der Waals surface area contributed by atoms with Gasteiger partial charge in [0.1, 0.15) is 5.82 Å². The Balaban J connectivity index is 2.34. The van der Waals surface area contributed by atoms with Gasteiger partial charge in [-0.15, -0.1) is 0 Å². The first-order chi connectivity index (χ1) is 10.4. The van der Waals surface area contributed by atoms with Crippen molar-refractivity contribution in [3.05, 3.63) is 24.3 Å². The Bertz CT molecular complexity index is 385. The molecule has 0 saturated carbocycles. The maximum absolute atomic E-state index is 6.57. The summed E-state index contributed by atoms with van der Waals surface area (Å²) in [4.78, 5) is 8.54. The normalized spacial score (nSPS) is 12.6. The van der Waals surface area contributed by atoms with Crippen molar-refractivity contribution in [3.63, 3.8) is 0 Å². The molecular weight excluding hydrogens is 288 g/mol. The molecule has 0 saturated heterocycles. The summed E-state index contributed by atoms with van der Waals surface area (Å²) in [6, 6.07) is 1.87. The van der Waals surface area contributed by atoms with Gasteiger partial charge in [-0.05, 0) is 35.5 Å². The fraction of sp³-hybridized carbons (Fsp3) is 0.778. The highest BCUT2D eigenvalue weighted by Gasteiger charge is 2.44. The van der Waals surface area contributed by atoms with E-state index in [0.717, 1.165) is 31.7 Å². The maximum Gasteiger partial charge on any atom is 0.200 e. The van der Waals surface area contributed by atoms with Gasteiger partial charge in [-0.3, -0.25) is 0 Å². The number of nitrogens with zero attached hydrogens (tertiary/aromatic N) is 2. The molecule has 0 unspecified atom stereocenters. The van der Waals surface area contributed by atoms with Crippen LogP contribution in [0.15, 0.2) is 18.5 Å². The highest BCUT2D eigenvalue weighted by Crippen LogP contribution is 2.42. The van der Waals surface area contributed by atoms with E-state index >= 15 is 0 Å². The molecule has 0 atom stereocenters. The smallest absolute Gasteiger partial charge is 0.200 e. The van der Waals surface area contributed by atoms with Gasteiger partial charge in [0.2, 0.25) is 0 Å². The second-order valence-corrected chi connectivity index (χ2v) is 12.6. The first-order valence-electron chi connectivity index (χ1n) is 8.81. The van der Waals surface area contributed by atoms with Gasteiger partial charge in [-0.25, -0.2) is 9.97 Å². The highest BCUT2D eigenvalue weighted by molar-refractivity contribution is 6.77. The molecular formula is C18H34N2OSi. The Morgan fingerprint density at radius 1 is 0.864 bits per heavy atom. The van der Waals surface area contributed by atoms with Gasteiger partial charge in [0.05, 0.1) is 0 Å². The minimum absolute atomic E-state index is 0.671. The highest BCUT2D eigenvalue weighted by atomic mass is 28.4. The molecule has 0 N–H and O–H groups in total. The molecule has 126 valence electrons. The van der Waals surface area contributed by atoms with E-state index in [1.165, 1.54) is 6.42 Å². The third-order valence-electron chi connectivity index (χ3n) is 4.72. The monoisotopic (exact) mass is 322 g/mol. The van der Waals surface area contributed by atoms with Gasteiger partial charge >= 0.3 is 0 Å². The van der Waals surface area contributed by atoms with Crippen molar-refractivity contribution in [2.75, 3.05) is 6.61 Å². The molecule has 0 aliphatic carbocycles. The van der Waals surface area contributed by atoms with Gasteiger partial charge in [0, 0.05) is 25.4 Å². The number of unbranched alkanes of at least 4 members (excludes halogenated alkanes) is 2. The van der Waals surface area contributed by atoms with E-state index in [-0.39, 0.29) is 0 Å². The molecule has 1 aromatic rings. The number of rotatable bonds is 10. The first-order valence-corrected chi connectivity index (χ1v) is 10.9. The van der Waals surface area contributed by atoms with Crippen molar-refractivity contribution in [2.45, 2.75) is 83.8 Å². The SMILES string of the molecule is CC(C)[Si](OCCCCCc1ncccn1)(C(C)C)C(C)C. The Morgan fingerprint density at radius 2 is 1.41 bits per heavy atom. The van der Waals surface area contributed by atoms with E-state index < -0.39 is 8.32 Å². The summed E-state index contributed by atoms with van der Waals surface area (Å²) in [5.41, 5.74) is 2.01. The second kappa shape index (κ2) is 9.41. The van der Waals surface area contributed by atoms with Crippen LogP contribution in [0.25, 0.3) is 0 Å². The standard InChI is InChI=1S/C18H34N2OSi/c1-15(2)22(16(3)4,17(5)6)21-14-9-7-8-11-18-19-12-10-13-20-18/h10,12-13,15-17H,7-9,11,14H2,1-6H3. The summed E-state index contributed by atoms with van der Waals surface area (Å²) in [5.74, 6) is 0.957. The van der Waals surface area contributed by atoms with Crippen LogP contribution in [0.1, 0.15) is 66.6 Å². The van der Waals surface area contributed by atoms with Crippen LogP contribution in [0.3, 0.4) is 0 Å². The van der Waals surface area contributed by atoms with Crippen LogP contribution in [0.4, 0.5) is 0 Å². The molecule has 0 aliphatic rings. The van der Waals surface area contributed by atoms with Crippen LogP contribution in [0.5, 0.6) is 0 Å². The van der Waals surface area contributed by atoms with Crippen molar-refractivity contribution < 1.29 is 4.43 Å². The van der Waals surface area contributed by atoms with Crippen LogP contribution >= 0.6 is 0 Å². The molecule has 1 aromatic heterocycles. The minimum Gasteiger partial charge on any atom is -0.416 e. The van der Waals surface area contributed by atoms with E-state index in [1.807, 2.05) is 18.5 Å². The van der Waals surface area contributed by atoms with Gasteiger partial charge in [0.25, 0.3) is 0 Å². The Hall–Kier alpha value is -0.743. The lowest BCUT2D eigenvalue weighted by atomic mass is 10.2. The van der Waals surface area contributed by atoms with Gasteiger partial charge in [0.15, 0.2) is 8.32 Å².